The van der Waals surface area contributed by atoms with Crippen molar-refractivity contribution in [2.45, 2.75) is 13.3 Å². The van der Waals surface area contributed by atoms with Crippen LogP contribution >= 0.6 is 0 Å². The predicted molar refractivity (Wildman–Crippen MR) is 47.5 cm³/mol. The smallest absolute Gasteiger partial charge is 0.271 e. The second kappa shape index (κ2) is 4.39. The Morgan fingerprint density at radius 2 is 2.46 bits per heavy atom. The van der Waals surface area contributed by atoms with Crippen molar-refractivity contribution in [3.05, 3.63) is 28.4 Å². The predicted octanol–water partition coefficient (Wildman–Crippen LogP) is -0.0903. The first-order valence-electron chi connectivity index (χ1n) is 4.07. The maximum absolute atomic E-state index is 11.2. The third-order valence-corrected chi connectivity index (χ3v) is 1.44. The van der Waals surface area contributed by atoms with E-state index < -0.39 is 0 Å². The van der Waals surface area contributed by atoms with Crippen LogP contribution in [0.25, 0.3) is 0 Å². The monoisotopic (exact) mass is 181 g/mol. The Balaban J connectivity index is 2.66. The van der Waals surface area contributed by atoms with Gasteiger partial charge in [0.15, 0.2) is 0 Å². The topological polar surface area (TPSA) is 74.8 Å². The summed E-state index contributed by atoms with van der Waals surface area (Å²) in [6.07, 6.45) is 3.25. The maximum atomic E-state index is 11.2. The Morgan fingerprint density at radius 3 is 3.00 bits per heavy atom. The van der Waals surface area contributed by atoms with E-state index in [4.69, 9.17) is 0 Å². The lowest BCUT2D eigenvalue weighted by Crippen LogP contribution is -2.26. The van der Waals surface area contributed by atoms with Crippen molar-refractivity contribution in [2.75, 3.05) is 6.54 Å². The number of H-pyrrole nitrogens is 1. The zero-order chi connectivity index (χ0) is 9.68. The van der Waals surface area contributed by atoms with Crippen molar-refractivity contribution in [3.8, 4) is 0 Å². The molecule has 5 heteroatoms. The highest BCUT2D eigenvalue weighted by atomic mass is 16.2. The summed E-state index contributed by atoms with van der Waals surface area (Å²) in [4.78, 5) is 27.9. The van der Waals surface area contributed by atoms with E-state index in [9.17, 15) is 9.59 Å². The van der Waals surface area contributed by atoms with Gasteiger partial charge in [0.05, 0.1) is 6.20 Å². The number of aromatic amines is 1. The number of hydrogen-bond acceptors (Lipinski definition) is 3. The minimum Gasteiger partial charge on any atom is -0.351 e. The van der Waals surface area contributed by atoms with Crippen LogP contribution in [-0.4, -0.2) is 22.4 Å². The third-order valence-electron chi connectivity index (χ3n) is 1.44. The van der Waals surface area contributed by atoms with E-state index in [1.807, 2.05) is 6.92 Å². The molecule has 0 unspecified atom stereocenters. The van der Waals surface area contributed by atoms with E-state index in [2.05, 4.69) is 15.3 Å². The minimum atomic E-state index is -0.313. The Bertz CT molecular complexity index is 325. The Morgan fingerprint density at radius 1 is 1.69 bits per heavy atom. The molecule has 0 atom stereocenters. The molecule has 1 aromatic rings. The zero-order valence-electron chi connectivity index (χ0n) is 7.33. The van der Waals surface area contributed by atoms with Crippen LogP contribution in [0.5, 0.6) is 0 Å². The molecule has 1 heterocycles. The molecular weight excluding hydrogens is 170 g/mol. The molecule has 0 fully saturated rings. The first kappa shape index (κ1) is 9.44. The molecule has 0 spiro atoms. The van der Waals surface area contributed by atoms with Crippen LogP contribution in [0, 0.1) is 0 Å². The Kier molecular flexibility index (Phi) is 3.19. The SMILES string of the molecule is CCCNC(=O)c1c[nH]c(=O)cn1. The first-order valence-corrected chi connectivity index (χ1v) is 4.07. The molecule has 0 saturated heterocycles. The van der Waals surface area contributed by atoms with Gasteiger partial charge in [-0.3, -0.25) is 9.59 Å². The molecule has 0 radical (unpaired) electrons. The molecule has 2 N–H and O–H groups in total. The van der Waals surface area contributed by atoms with Gasteiger partial charge in [0, 0.05) is 12.7 Å². The molecule has 1 amide bonds. The van der Waals surface area contributed by atoms with E-state index >= 15 is 0 Å². The van der Waals surface area contributed by atoms with Crippen LogP contribution in [0.2, 0.25) is 0 Å². The largest absolute Gasteiger partial charge is 0.351 e. The van der Waals surface area contributed by atoms with Crippen molar-refractivity contribution in [2.24, 2.45) is 0 Å². The highest BCUT2D eigenvalue weighted by Crippen LogP contribution is 1.87. The molecule has 1 rings (SSSR count). The second-order valence-electron chi connectivity index (χ2n) is 2.55. The molecular formula is C8H11N3O2. The zero-order valence-corrected chi connectivity index (χ0v) is 7.33. The molecule has 0 aliphatic heterocycles. The van der Waals surface area contributed by atoms with Gasteiger partial charge in [-0.15, -0.1) is 0 Å². The first-order chi connectivity index (χ1) is 6.24. The summed E-state index contributed by atoms with van der Waals surface area (Å²) >= 11 is 0. The maximum Gasteiger partial charge on any atom is 0.271 e. The van der Waals surface area contributed by atoms with Crippen molar-refractivity contribution in [3.63, 3.8) is 0 Å². The fourth-order valence-corrected chi connectivity index (χ4v) is 0.795. The van der Waals surface area contributed by atoms with Gasteiger partial charge in [-0.1, -0.05) is 6.92 Å². The Labute approximate surface area is 75.2 Å². The number of amides is 1. The fraction of sp³-hybridized carbons (Fsp3) is 0.375. The van der Waals surface area contributed by atoms with Crippen molar-refractivity contribution in [1.82, 2.24) is 15.3 Å². The Hall–Kier alpha value is -1.65. The van der Waals surface area contributed by atoms with Gasteiger partial charge in [-0.25, -0.2) is 4.98 Å². The van der Waals surface area contributed by atoms with E-state index in [0.717, 1.165) is 12.6 Å². The summed E-state index contributed by atoms with van der Waals surface area (Å²) < 4.78 is 0. The lowest BCUT2D eigenvalue weighted by molar-refractivity contribution is 0.0948. The molecule has 1 aromatic heterocycles. The third kappa shape index (κ3) is 2.70. The molecule has 70 valence electrons. The van der Waals surface area contributed by atoms with Crippen LogP contribution in [0.3, 0.4) is 0 Å². The van der Waals surface area contributed by atoms with E-state index in [1.165, 1.54) is 6.20 Å². The number of aromatic nitrogens is 2. The van der Waals surface area contributed by atoms with Gasteiger partial charge in [0.1, 0.15) is 5.69 Å². The molecule has 0 aliphatic carbocycles. The van der Waals surface area contributed by atoms with E-state index in [1.54, 1.807) is 0 Å². The summed E-state index contributed by atoms with van der Waals surface area (Å²) in [7, 11) is 0. The molecule has 5 nitrogen and oxygen atoms in total. The molecule has 13 heavy (non-hydrogen) atoms. The van der Waals surface area contributed by atoms with Crippen LogP contribution < -0.4 is 10.9 Å². The fourth-order valence-electron chi connectivity index (χ4n) is 0.795. The lowest BCUT2D eigenvalue weighted by atomic mass is 10.4. The summed E-state index contributed by atoms with van der Waals surface area (Å²) in [5, 5.41) is 2.64. The summed E-state index contributed by atoms with van der Waals surface area (Å²) in [5.74, 6) is -0.266. The average molecular weight is 181 g/mol. The average Bonchev–Trinajstić information content (AvgIpc) is 2.15. The highest BCUT2D eigenvalue weighted by molar-refractivity contribution is 5.91. The number of carbonyl (C=O) groups is 1. The summed E-state index contributed by atoms with van der Waals surface area (Å²) in [6.45, 7) is 2.57. The lowest BCUT2D eigenvalue weighted by Gasteiger charge is -2.00. The van der Waals surface area contributed by atoms with Crippen LogP contribution in [-0.2, 0) is 0 Å². The normalized spacial score (nSPS) is 9.62. The highest BCUT2D eigenvalue weighted by Gasteiger charge is 2.04. The van der Waals surface area contributed by atoms with Crippen molar-refractivity contribution in [1.29, 1.82) is 0 Å². The van der Waals surface area contributed by atoms with Crippen molar-refractivity contribution < 1.29 is 4.79 Å². The van der Waals surface area contributed by atoms with Gasteiger partial charge >= 0.3 is 0 Å². The molecule has 0 bridgehead atoms. The second-order valence-corrected chi connectivity index (χ2v) is 2.55. The quantitative estimate of drug-likeness (QED) is 0.684. The van der Waals surface area contributed by atoms with Crippen LogP contribution in [0.15, 0.2) is 17.2 Å². The molecule has 0 aliphatic rings. The summed E-state index contributed by atoms with van der Waals surface area (Å²) in [6, 6.07) is 0. The van der Waals surface area contributed by atoms with Gasteiger partial charge < -0.3 is 10.3 Å². The standard InChI is InChI=1S/C8H11N3O2/c1-2-3-9-8(13)6-4-11-7(12)5-10-6/h4-5H,2-3H2,1H3,(H,9,13)(H,11,12). The van der Waals surface area contributed by atoms with Crippen LogP contribution in [0.1, 0.15) is 23.8 Å². The van der Waals surface area contributed by atoms with Crippen molar-refractivity contribution >= 4 is 5.91 Å². The number of carbonyl (C=O) groups excluding carboxylic acids is 1. The minimum absolute atomic E-state index is 0.230. The summed E-state index contributed by atoms with van der Waals surface area (Å²) in [5.41, 5.74) is -0.0832. The van der Waals surface area contributed by atoms with Gasteiger partial charge in [-0.05, 0) is 6.42 Å². The van der Waals surface area contributed by atoms with Gasteiger partial charge in [0.25, 0.3) is 11.5 Å². The number of nitrogens with zero attached hydrogens (tertiary/aromatic N) is 1. The molecule has 0 saturated carbocycles. The number of hydrogen-bond donors (Lipinski definition) is 2. The van der Waals surface area contributed by atoms with E-state index in [0.29, 0.717) is 6.54 Å². The number of rotatable bonds is 3. The van der Waals surface area contributed by atoms with Gasteiger partial charge in [-0.2, -0.15) is 0 Å². The van der Waals surface area contributed by atoms with Crippen LogP contribution in [0.4, 0.5) is 0 Å². The van der Waals surface area contributed by atoms with Gasteiger partial charge in [0.2, 0.25) is 0 Å². The van der Waals surface area contributed by atoms with E-state index in [-0.39, 0.29) is 17.2 Å². The number of nitrogens with one attached hydrogen (secondary N) is 2. The molecule has 0 aromatic carbocycles.